The zero-order chi connectivity index (χ0) is 32.1. The summed E-state index contributed by atoms with van der Waals surface area (Å²) in [5.41, 5.74) is 0. The van der Waals surface area contributed by atoms with Crippen molar-refractivity contribution >= 4 is 5.97 Å². The predicted octanol–water partition coefficient (Wildman–Crippen LogP) is 5.88. The number of hydrogen-bond acceptors (Lipinski definition) is 10. The van der Waals surface area contributed by atoms with E-state index in [0.717, 1.165) is 38.8 Å². The maximum atomic E-state index is 11.8. The molecule has 1 fully saturated rings. The molecule has 0 radical (unpaired) electrons. The van der Waals surface area contributed by atoms with Gasteiger partial charge in [0.25, 0.3) is 0 Å². The van der Waals surface area contributed by atoms with Crippen LogP contribution in [0, 0.1) is 0 Å². The van der Waals surface area contributed by atoms with Crippen molar-refractivity contribution in [3.8, 4) is 0 Å². The van der Waals surface area contributed by atoms with Crippen molar-refractivity contribution in [1.29, 1.82) is 0 Å². The van der Waals surface area contributed by atoms with E-state index in [2.05, 4.69) is 12.2 Å². The second-order valence-electron chi connectivity index (χ2n) is 11.7. The van der Waals surface area contributed by atoms with Gasteiger partial charge in [-0.15, -0.1) is 0 Å². The Morgan fingerprint density at radius 2 is 0.844 bits per heavy atom. The third kappa shape index (κ3) is 32.9. The summed E-state index contributed by atoms with van der Waals surface area (Å²) in [7, 11) is 0. The normalized spacial score (nSPS) is 13.9. The minimum Gasteiger partial charge on any atom is -0.463 e. The van der Waals surface area contributed by atoms with Crippen LogP contribution < -0.4 is 5.32 Å². The van der Waals surface area contributed by atoms with Gasteiger partial charge in [0.15, 0.2) is 0 Å². The molecule has 10 nitrogen and oxygen atoms in total. The molecular formula is C35H69NO9. The van der Waals surface area contributed by atoms with Crippen molar-refractivity contribution in [2.24, 2.45) is 0 Å². The van der Waals surface area contributed by atoms with E-state index in [-0.39, 0.29) is 5.97 Å². The number of carbonyl (C=O) groups is 1. The quantitative estimate of drug-likeness (QED) is 0.0655. The molecule has 0 aromatic rings. The molecule has 0 unspecified atom stereocenters. The lowest BCUT2D eigenvalue weighted by Gasteiger charge is -2.22. The van der Waals surface area contributed by atoms with Crippen LogP contribution >= 0.6 is 0 Å². The first-order valence-corrected chi connectivity index (χ1v) is 18.3. The third-order valence-corrected chi connectivity index (χ3v) is 7.70. The summed E-state index contributed by atoms with van der Waals surface area (Å²) in [6.45, 7) is 11.5. The molecule has 0 aliphatic carbocycles. The highest BCUT2D eigenvalue weighted by Gasteiger charge is 2.12. The molecule has 1 aliphatic rings. The molecule has 10 heteroatoms. The van der Waals surface area contributed by atoms with E-state index >= 15 is 0 Å². The van der Waals surface area contributed by atoms with Crippen molar-refractivity contribution in [2.75, 3.05) is 106 Å². The molecule has 1 aliphatic heterocycles. The monoisotopic (exact) mass is 647 g/mol. The van der Waals surface area contributed by atoms with Gasteiger partial charge in [-0.1, -0.05) is 84.0 Å². The number of piperidine rings is 1. The topological polar surface area (TPSA) is 103 Å². The first-order chi connectivity index (χ1) is 22.3. The Balaban J connectivity index is 1.65. The molecular weight excluding hydrogens is 578 g/mol. The van der Waals surface area contributed by atoms with Crippen molar-refractivity contribution in [3.63, 3.8) is 0 Å². The Bertz CT molecular complexity index is 593. The summed E-state index contributed by atoms with van der Waals surface area (Å²) < 4.78 is 44.0. The second-order valence-corrected chi connectivity index (χ2v) is 11.7. The van der Waals surface area contributed by atoms with Gasteiger partial charge in [0.1, 0.15) is 6.61 Å². The van der Waals surface area contributed by atoms with Gasteiger partial charge in [0.05, 0.1) is 92.0 Å². The Morgan fingerprint density at radius 1 is 0.489 bits per heavy atom. The Morgan fingerprint density at radius 3 is 1.27 bits per heavy atom. The van der Waals surface area contributed by atoms with Gasteiger partial charge < -0.3 is 43.2 Å². The second kappa shape index (κ2) is 36.0. The molecule has 0 bridgehead atoms. The molecule has 268 valence electrons. The molecule has 0 atom stereocenters. The van der Waals surface area contributed by atoms with Crippen molar-refractivity contribution in [2.45, 2.75) is 116 Å². The molecule has 0 spiro atoms. The van der Waals surface area contributed by atoms with Crippen LogP contribution in [0.4, 0.5) is 0 Å². The van der Waals surface area contributed by atoms with E-state index in [1.807, 2.05) is 0 Å². The number of esters is 1. The van der Waals surface area contributed by atoms with Crippen LogP contribution in [-0.2, 0) is 42.7 Å². The Kier molecular flexibility index (Phi) is 33.7. The summed E-state index contributed by atoms with van der Waals surface area (Å²) >= 11 is 0. The zero-order valence-corrected chi connectivity index (χ0v) is 28.9. The fourth-order valence-corrected chi connectivity index (χ4v) is 5.01. The van der Waals surface area contributed by atoms with E-state index in [0.29, 0.717) is 105 Å². The average Bonchev–Trinajstić information content (AvgIpc) is 3.06. The van der Waals surface area contributed by atoms with E-state index in [1.165, 1.54) is 70.6 Å². The van der Waals surface area contributed by atoms with Crippen LogP contribution in [0.1, 0.15) is 110 Å². The maximum absolute atomic E-state index is 11.8. The summed E-state index contributed by atoms with van der Waals surface area (Å²) in [4.78, 5) is 11.8. The molecule has 1 N–H and O–H groups in total. The van der Waals surface area contributed by atoms with Gasteiger partial charge in [0, 0.05) is 6.42 Å². The number of unbranched alkanes of at least 4 members (excludes halogenated alkanes) is 12. The fourth-order valence-electron chi connectivity index (χ4n) is 5.01. The van der Waals surface area contributed by atoms with Crippen LogP contribution in [-0.4, -0.2) is 118 Å². The number of rotatable bonds is 36. The standard InChI is InChI=1S/C35H69NO9/c1-2-3-4-5-6-7-8-9-10-11-12-13-14-15-35(37)45-33-31-43-29-27-41-25-23-39-21-20-38-22-24-40-26-28-42-30-32-44-34-16-18-36-19-17-34/h34,36H,2-33H2,1H3. The van der Waals surface area contributed by atoms with Gasteiger partial charge in [-0.05, 0) is 32.4 Å². The number of nitrogens with one attached hydrogen (secondary N) is 1. The van der Waals surface area contributed by atoms with Crippen LogP contribution in [0.3, 0.4) is 0 Å². The Hall–Kier alpha value is -0.850. The molecule has 0 aromatic heterocycles. The van der Waals surface area contributed by atoms with Gasteiger partial charge >= 0.3 is 5.97 Å². The largest absolute Gasteiger partial charge is 0.463 e. The summed E-state index contributed by atoms with van der Waals surface area (Å²) in [5.74, 6) is -0.124. The number of hydrogen-bond donors (Lipinski definition) is 1. The van der Waals surface area contributed by atoms with Gasteiger partial charge in [-0.25, -0.2) is 0 Å². The first kappa shape index (κ1) is 42.2. The predicted molar refractivity (Wildman–Crippen MR) is 178 cm³/mol. The molecule has 1 rings (SSSR count). The maximum Gasteiger partial charge on any atom is 0.305 e. The summed E-state index contributed by atoms with van der Waals surface area (Å²) in [5, 5.41) is 3.33. The highest BCUT2D eigenvalue weighted by Crippen LogP contribution is 2.13. The van der Waals surface area contributed by atoms with E-state index in [1.54, 1.807) is 0 Å². The van der Waals surface area contributed by atoms with Crippen molar-refractivity contribution in [3.05, 3.63) is 0 Å². The van der Waals surface area contributed by atoms with Crippen LogP contribution in [0.5, 0.6) is 0 Å². The zero-order valence-electron chi connectivity index (χ0n) is 28.9. The van der Waals surface area contributed by atoms with Crippen molar-refractivity contribution < 1.29 is 42.7 Å². The fraction of sp³-hybridized carbons (Fsp3) is 0.971. The molecule has 0 saturated carbocycles. The molecule has 1 saturated heterocycles. The summed E-state index contributed by atoms with van der Waals surface area (Å²) in [6.07, 6.45) is 19.9. The molecule has 45 heavy (non-hydrogen) atoms. The Labute approximate surface area is 275 Å². The lowest BCUT2D eigenvalue weighted by Crippen LogP contribution is -2.33. The number of carbonyl (C=O) groups excluding carboxylic acids is 1. The van der Waals surface area contributed by atoms with Crippen LogP contribution in [0.25, 0.3) is 0 Å². The van der Waals surface area contributed by atoms with E-state index in [4.69, 9.17) is 37.9 Å². The SMILES string of the molecule is CCCCCCCCCCCCCCCC(=O)OCCOCCOCCOCCOCCOCCOCCOC1CCNCC1. The smallest absolute Gasteiger partial charge is 0.305 e. The summed E-state index contributed by atoms with van der Waals surface area (Å²) in [6, 6.07) is 0. The number of ether oxygens (including phenoxy) is 8. The lowest BCUT2D eigenvalue weighted by atomic mass is 10.0. The third-order valence-electron chi connectivity index (χ3n) is 7.70. The minimum absolute atomic E-state index is 0.124. The van der Waals surface area contributed by atoms with E-state index in [9.17, 15) is 4.79 Å². The molecule has 1 heterocycles. The molecule has 0 amide bonds. The van der Waals surface area contributed by atoms with Crippen molar-refractivity contribution in [1.82, 2.24) is 5.32 Å². The molecule has 0 aromatic carbocycles. The lowest BCUT2D eigenvalue weighted by molar-refractivity contribution is -0.145. The first-order valence-electron chi connectivity index (χ1n) is 18.3. The average molecular weight is 648 g/mol. The van der Waals surface area contributed by atoms with Gasteiger partial charge in [0.2, 0.25) is 0 Å². The highest BCUT2D eigenvalue weighted by molar-refractivity contribution is 5.69. The minimum atomic E-state index is -0.124. The van der Waals surface area contributed by atoms with Crippen LogP contribution in [0.2, 0.25) is 0 Å². The highest BCUT2D eigenvalue weighted by atomic mass is 16.6. The van der Waals surface area contributed by atoms with Gasteiger partial charge in [-0.2, -0.15) is 0 Å². The van der Waals surface area contributed by atoms with Gasteiger partial charge in [-0.3, -0.25) is 4.79 Å². The van der Waals surface area contributed by atoms with E-state index < -0.39 is 0 Å². The van der Waals surface area contributed by atoms with Crippen LogP contribution in [0.15, 0.2) is 0 Å².